The lowest BCUT2D eigenvalue weighted by Gasteiger charge is -2.42. The molecule has 0 saturated carbocycles. The number of amides is 3. The van der Waals surface area contributed by atoms with Crippen LogP contribution in [-0.4, -0.2) is 78.5 Å². The molecule has 2 aromatic rings. The van der Waals surface area contributed by atoms with Gasteiger partial charge in [-0.15, -0.1) is 0 Å². The number of urea groups is 1. The van der Waals surface area contributed by atoms with Gasteiger partial charge in [0, 0.05) is 50.5 Å². The van der Waals surface area contributed by atoms with Crippen LogP contribution in [0.4, 0.5) is 22.4 Å². The molecule has 214 valence electrons. The molecule has 1 saturated heterocycles. The Kier molecular flexibility index (Phi) is 8.48. The van der Waals surface area contributed by atoms with Crippen molar-refractivity contribution < 1.29 is 36.7 Å². The highest BCUT2D eigenvalue weighted by Crippen LogP contribution is 2.34. The van der Waals surface area contributed by atoms with E-state index in [0.29, 0.717) is 36.5 Å². The Hall–Kier alpha value is -3.93. The number of piperazine rings is 1. The molecule has 0 aromatic heterocycles. The van der Waals surface area contributed by atoms with Gasteiger partial charge in [-0.2, -0.15) is 13.2 Å². The number of carbonyl (C=O) groups excluding carboxylic acids is 3. The molecular formula is C28H30F4N4O4. The minimum absolute atomic E-state index is 0.0637. The largest absolute Gasteiger partial charge is 0.463 e. The Bertz CT molecular complexity index is 1290. The molecule has 0 radical (unpaired) electrons. The van der Waals surface area contributed by atoms with Gasteiger partial charge in [0.1, 0.15) is 5.82 Å². The third-order valence-electron chi connectivity index (χ3n) is 7.08. The highest BCUT2D eigenvalue weighted by atomic mass is 19.4. The maximum atomic E-state index is 13.3. The normalized spacial score (nSPS) is 20.4. The van der Waals surface area contributed by atoms with Crippen LogP contribution in [0.15, 0.2) is 59.8 Å². The number of esters is 1. The van der Waals surface area contributed by atoms with E-state index in [1.165, 1.54) is 48.3 Å². The molecule has 2 heterocycles. The molecule has 1 N–H and O–H groups in total. The molecule has 4 rings (SSSR count). The molecule has 0 spiro atoms. The molecule has 2 unspecified atom stereocenters. The average Bonchev–Trinajstić information content (AvgIpc) is 2.91. The number of halogens is 4. The fourth-order valence-electron chi connectivity index (χ4n) is 4.96. The smallest absolute Gasteiger partial charge is 0.416 e. The van der Waals surface area contributed by atoms with Gasteiger partial charge < -0.3 is 15.0 Å². The van der Waals surface area contributed by atoms with E-state index in [-0.39, 0.29) is 30.7 Å². The Morgan fingerprint density at radius 2 is 1.70 bits per heavy atom. The minimum Gasteiger partial charge on any atom is -0.463 e. The summed E-state index contributed by atoms with van der Waals surface area (Å²) in [6.45, 7) is 4.94. The molecule has 0 aliphatic carbocycles. The lowest BCUT2D eigenvalue weighted by Crippen LogP contribution is -2.56. The first kappa shape index (κ1) is 29.1. The van der Waals surface area contributed by atoms with Crippen molar-refractivity contribution in [3.63, 3.8) is 0 Å². The molecule has 0 bridgehead atoms. The predicted octanol–water partition coefficient (Wildman–Crippen LogP) is 4.20. The molecule has 8 nitrogen and oxygen atoms in total. The first-order chi connectivity index (χ1) is 18.9. The Morgan fingerprint density at radius 3 is 2.27 bits per heavy atom. The van der Waals surface area contributed by atoms with Crippen molar-refractivity contribution in [2.24, 2.45) is 0 Å². The molecule has 2 atom stereocenters. The number of hydrogen-bond donors (Lipinski definition) is 1. The number of likely N-dealkylation sites (N-methyl/N-ethyl adjacent to an activating group) is 1. The van der Waals surface area contributed by atoms with E-state index >= 15 is 0 Å². The molecule has 40 heavy (non-hydrogen) atoms. The summed E-state index contributed by atoms with van der Waals surface area (Å²) in [7, 11) is 1.50. The summed E-state index contributed by atoms with van der Waals surface area (Å²) in [4.78, 5) is 44.1. The van der Waals surface area contributed by atoms with Gasteiger partial charge in [-0.3, -0.25) is 14.6 Å². The quantitative estimate of drug-likeness (QED) is 0.422. The summed E-state index contributed by atoms with van der Waals surface area (Å²) in [6, 6.07) is 7.84. The van der Waals surface area contributed by atoms with Crippen LogP contribution in [0.2, 0.25) is 0 Å². The maximum absolute atomic E-state index is 13.3. The van der Waals surface area contributed by atoms with Gasteiger partial charge >= 0.3 is 18.2 Å². The second-order valence-electron chi connectivity index (χ2n) is 9.73. The van der Waals surface area contributed by atoms with Crippen LogP contribution in [0.3, 0.4) is 0 Å². The summed E-state index contributed by atoms with van der Waals surface area (Å²) in [5.74, 6) is -1.35. The fraction of sp³-hybridized carbons (Fsp3) is 0.393. The van der Waals surface area contributed by atoms with E-state index in [1.807, 2.05) is 11.8 Å². The molecule has 3 amide bonds. The molecular weight excluding hydrogens is 532 g/mol. The number of carbonyl (C=O) groups is 3. The SMILES string of the molecule is CCOC(=O)C1=C(CN2CCN(C(=O)c3ccc(F)cc3)C(C)C2)N(C)C(=O)NC1c1ccc(C(F)(F)F)cc1. The number of nitrogens with one attached hydrogen (secondary N) is 1. The van der Waals surface area contributed by atoms with Gasteiger partial charge in [0.2, 0.25) is 0 Å². The van der Waals surface area contributed by atoms with Gasteiger partial charge in [0.15, 0.2) is 0 Å². The first-order valence-electron chi connectivity index (χ1n) is 12.8. The number of rotatable bonds is 6. The van der Waals surface area contributed by atoms with Crippen LogP contribution in [-0.2, 0) is 15.7 Å². The van der Waals surface area contributed by atoms with Crippen molar-refractivity contribution >= 4 is 17.9 Å². The molecule has 1 fully saturated rings. The monoisotopic (exact) mass is 562 g/mol. The minimum atomic E-state index is -4.53. The standard InChI is InChI=1S/C28H30F4N4O4/c1-4-40-26(38)23-22(34(3)27(39)33-24(23)18-5-9-20(10-6-18)28(30,31)32)16-35-13-14-36(17(2)15-35)25(37)19-7-11-21(29)12-8-19/h5-12,17,24H,4,13-16H2,1-3H3,(H,33,39). The summed E-state index contributed by atoms with van der Waals surface area (Å²) >= 11 is 0. The molecule has 2 aliphatic rings. The van der Waals surface area contributed by atoms with Crippen molar-refractivity contribution in [1.29, 1.82) is 0 Å². The van der Waals surface area contributed by atoms with E-state index in [2.05, 4.69) is 5.32 Å². The second-order valence-corrected chi connectivity index (χ2v) is 9.73. The zero-order valence-corrected chi connectivity index (χ0v) is 22.3. The van der Waals surface area contributed by atoms with Crippen molar-refractivity contribution in [2.75, 3.05) is 39.8 Å². The van der Waals surface area contributed by atoms with Crippen LogP contribution >= 0.6 is 0 Å². The first-order valence-corrected chi connectivity index (χ1v) is 12.8. The Morgan fingerprint density at radius 1 is 1.05 bits per heavy atom. The van der Waals surface area contributed by atoms with E-state index in [1.54, 1.807) is 11.8 Å². The number of hydrogen-bond acceptors (Lipinski definition) is 5. The number of ether oxygens (including phenoxy) is 1. The van der Waals surface area contributed by atoms with Crippen molar-refractivity contribution in [3.8, 4) is 0 Å². The highest BCUT2D eigenvalue weighted by molar-refractivity contribution is 5.95. The number of nitrogens with zero attached hydrogens (tertiary/aromatic N) is 3. The predicted molar refractivity (Wildman–Crippen MR) is 137 cm³/mol. The lowest BCUT2D eigenvalue weighted by molar-refractivity contribution is -0.139. The lowest BCUT2D eigenvalue weighted by atomic mass is 9.93. The molecule has 2 aliphatic heterocycles. The Labute approximate surface area is 229 Å². The topological polar surface area (TPSA) is 82.2 Å². The second kappa shape index (κ2) is 11.7. The third-order valence-corrected chi connectivity index (χ3v) is 7.08. The van der Waals surface area contributed by atoms with Crippen LogP contribution < -0.4 is 5.32 Å². The van der Waals surface area contributed by atoms with Gasteiger partial charge in [0.05, 0.1) is 23.8 Å². The van der Waals surface area contributed by atoms with E-state index in [9.17, 15) is 31.9 Å². The van der Waals surface area contributed by atoms with Crippen LogP contribution in [0.1, 0.15) is 41.4 Å². The fourth-order valence-corrected chi connectivity index (χ4v) is 4.96. The van der Waals surface area contributed by atoms with Crippen LogP contribution in [0.25, 0.3) is 0 Å². The average molecular weight is 563 g/mol. The van der Waals surface area contributed by atoms with E-state index in [4.69, 9.17) is 4.74 Å². The van der Waals surface area contributed by atoms with E-state index < -0.39 is 35.6 Å². The molecule has 12 heteroatoms. The summed E-state index contributed by atoms with van der Waals surface area (Å²) in [5.41, 5.74) is 0.313. The summed E-state index contributed by atoms with van der Waals surface area (Å²) in [5, 5.41) is 2.70. The van der Waals surface area contributed by atoms with Crippen molar-refractivity contribution in [2.45, 2.75) is 32.1 Å². The Balaban J connectivity index is 1.60. The van der Waals surface area contributed by atoms with Gasteiger partial charge in [0.25, 0.3) is 5.91 Å². The zero-order valence-electron chi connectivity index (χ0n) is 22.3. The van der Waals surface area contributed by atoms with Crippen LogP contribution in [0, 0.1) is 5.82 Å². The van der Waals surface area contributed by atoms with Gasteiger partial charge in [-0.1, -0.05) is 12.1 Å². The number of alkyl halides is 3. The highest BCUT2D eigenvalue weighted by Gasteiger charge is 2.39. The molecule has 2 aromatic carbocycles. The van der Waals surface area contributed by atoms with Crippen LogP contribution in [0.5, 0.6) is 0 Å². The zero-order chi connectivity index (χ0) is 29.2. The van der Waals surface area contributed by atoms with Gasteiger partial charge in [-0.05, 0) is 55.8 Å². The van der Waals surface area contributed by atoms with E-state index in [0.717, 1.165) is 12.1 Å². The summed E-state index contributed by atoms with van der Waals surface area (Å²) in [6.07, 6.45) is -4.53. The summed E-state index contributed by atoms with van der Waals surface area (Å²) < 4.78 is 57.9. The van der Waals surface area contributed by atoms with Gasteiger partial charge in [-0.25, -0.2) is 14.0 Å². The van der Waals surface area contributed by atoms with Crippen molar-refractivity contribution in [1.82, 2.24) is 20.0 Å². The third kappa shape index (κ3) is 6.11. The van der Waals surface area contributed by atoms with Crippen molar-refractivity contribution in [3.05, 3.63) is 82.3 Å². The maximum Gasteiger partial charge on any atom is 0.416 e. The number of benzene rings is 2.